The van der Waals surface area contributed by atoms with Gasteiger partial charge in [-0.25, -0.2) is 0 Å². The summed E-state index contributed by atoms with van der Waals surface area (Å²) in [6.07, 6.45) is -0.432. The second kappa shape index (κ2) is 11.3. The highest BCUT2D eigenvalue weighted by Crippen LogP contribution is 2.37. The molecule has 2 aliphatic heterocycles. The van der Waals surface area contributed by atoms with Crippen LogP contribution in [-0.2, 0) is 11.0 Å². The van der Waals surface area contributed by atoms with Crippen LogP contribution in [0.25, 0.3) is 0 Å². The normalized spacial score (nSPS) is 22.8. The molecule has 1 saturated carbocycles. The number of benzene rings is 2. The number of nitrogens with zero attached hydrogens (tertiary/aromatic N) is 3. The Bertz CT molecular complexity index is 1210. The maximum absolute atomic E-state index is 13.6. The average molecular weight is 582 g/mol. The maximum Gasteiger partial charge on any atom is 0.417 e. The molecule has 10 heteroatoms. The van der Waals surface area contributed by atoms with Crippen LogP contribution >= 0.6 is 23.2 Å². The lowest BCUT2D eigenvalue weighted by Crippen LogP contribution is -2.44. The number of hydrogen-bond donors (Lipinski definition) is 0. The van der Waals surface area contributed by atoms with E-state index in [-0.39, 0.29) is 23.3 Å². The van der Waals surface area contributed by atoms with Gasteiger partial charge in [-0.15, -0.1) is 0 Å². The lowest BCUT2D eigenvalue weighted by Gasteiger charge is -2.33. The summed E-state index contributed by atoms with van der Waals surface area (Å²) < 4.78 is 40.3. The molecule has 0 N–H and O–H groups in total. The summed E-state index contributed by atoms with van der Waals surface area (Å²) in [4.78, 5) is 32.8. The molecule has 2 saturated heterocycles. The molecule has 39 heavy (non-hydrogen) atoms. The Labute approximate surface area is 236 Å². The fourth-order valence-electron chi connectivity index (χ4n) is 5.91. The van der Waals surface area contributed by atoms with Gasteiger partial charge in [-0.3, -0.25) is 9.59 Å². The third-order valence-electron chi connectivity index (χ3n) is 8.39. The van der Waals surface area contributed by atoms with Crippen LogP contribution in [0.1, 0.15) is 53.1 Å². The summed E-state index contributed by atoms with van der Waals surface area (Å²) in [5, 5.41) is 0.117. The van der Waals surface area contributed by atoms with E-state index in [1.54, 1.807) is 19.2 Å². The lowest BCUT2D eigenvalue weighted by molar-refractivity contribution is -0.137. The number of hydrogen-bond acceptors (Lipinski definition) is 3. The van der Waals surface area contributed by atoms with Gasteiger partial charge in [-0.2, -0.15) is 13.2 Å². The lowest BCUT2D eigenvalue weighted by atomic mass is 9.93. The van der Waals surface area contributed by atoms with E-state index in [4.69, 9.17) is 23.2 Å². The van der Waals surface area contributed by atoms with Crippen LogP contribution in [0.5, 0.6) is 0 Å². The zero-order valence-electron chi connectivity index (χ0n) is 21.8. The van der Waals surface area contributed by atoms with Gasteiger partial charge in [-0.1, -0.05) is 35.3 Å². The first kappa shape index (κ1) is 28.2. The van der Waals surface area contributed by atoms with Crippen molar-refractivity contribution in [3.8, 4) is 0 Å². The van der Waals surface area contributed by atoms with Gasteiger partial charge in [0.1, 0.15) is 0 Å². The number of likely N-dealkylation sites (N-methyl/N-ethyl adjacent to an activating group) is 1. The standard InChI is InChI=1S/C29H32Cl2F3N3O2/c1-35(27(38)21-6-9-25(31)24(14-21)29(32,33)34)26-17-37(16-23(26)19-4-7-22(30)8-5-19)28(39)20-10-12-36(13-11-20)15-18-2-3-18/h4-9,14,18,20,23,26H,2-3,10-13,15-17H2,1H3/t23-,26+/m0/s1. The monoisotopic (exact) mass is 581 g/mol. The molecule has 0 bridgehead atoms. The van der Waals surface area contributed by atoms with Crippen molar-refractivity contribution in [3.05, 3.63) is 69.2 Å². The van der Waals surface area contributed by atoms with E-state index in [1.807, 2.05) is 17.0 Å². The Hall–Kier alpha value is -2.29. The molecule has 2 amide bonds. The predicted octanol–water partition coefficient (Wildman–Crippen LogP) is 6.20. The highest BCUT2D eigenvalue weighted by Gasteiger charge is 2.43. The Morgan fingerprint density at radius 1 is 0.974 bits per heavy atom. The van der Waals surface area contributed by atoms with Gasteiger partial charge >= 0.3 is 6.18 Å². The van der Waals surface area contributed by atoms with Crippen LogP contribution in [0.15, 0.2) is 42.5 Å². The summed E-state index contributed by atoms with van der Waals surface area (Å²) in [6.45, 7) is 3.71. The summed E-state index contributed by atoms with van der Waals surface area (Å²) in [7, 11) is 1.59. The number of carbonyl (C=O) groups excluding carboxylic acids is 2. The number of piperidine rings is 1. The number of alkyl halides is 3. The summed E-state index contributed by atoms with van der Waals surface area (Å²) in [6, 6.07) is 10.1. The van der Waals surface area contributed by atoms with E-state index in [2.05, 4.69) is 4.90 Å². The van der Waals surface area contributed by atoms with Gasteiger partial charge in [-0.05, 0) is 80.6 Å². The molecule has 2 heterocycles. The number of likely N-dealkylation sites (tertiary alicyclic amines) is 2. The molecule has 0 unspecified atom stereocenters. The van der Waals surface area contributed by atoms with E-state index in [9.17, 15) is 22.8 Å². The van der Waals surface area contributed by atoms with E-state index >= 15 is 0 Å². The highest BCUT2D eigenvalue weighted by atomic mass is 35.5. The number of amides is 2. The minimum Gasteiger partial charge on any atom is -0.340 e. The topological polar surface area (TPSA) is 43.9 Å². The third kappa shape index (κ3) is 6.39. The molecule has 1 aliphatic carbocycles. The highest BCUT2D eigenvalue weighted by molar-refractivity contribution is 6.31. The second-order valence-corrected chi connectivity index (χ2v) is 11.9. The number of carbonyl (C=O) groups is 2. The van der Waals surface area contributed by atoms with Crippen molar-refractivity contribution in [1.29, 1.82) is 0 Å². The van der Waals surface area contributed by atoms with Crippen LogP contribution in [0.2, 0.25) is 10.0 Å². The number of rotatable bonds is 6. The van der Waals surface area contributed by atoms with Crippen molar-refractivity contribution in [2.45, 2.75) is 43.8 Å². The first-order chi connectivity index (χ1) is 18.5. The largest absolute Gasteiger partial charge is 0.417 e. The van der Waals surface area contributed by atoms with Gasteiger partial charge in [0.25, 0.3) is 5.91 Å². The maximum atomic E-state index is 13.6. The van der Waals surface area contributed by atoms with Crippen molar-refractivity contribution in [2.75, 3.05) is 39.8 Å². The Morgan fingerprint density at radius 3 is 2.26 bits per heavy atom. The zero-order valence-corrected chi connectivity index (χ0v) is 23.3. The first-order valence-corrected chi connectivity index (χ1v) is 14.2. The molecule has 3 fully saturated rings. The molecule has 2 aromatic rings. The molecule has 0 radical (unpaired) electrons. The molecule has 5 nitrogen and oxygen atoms in total. The molecule has 5 rings (SSSR count). The molecule has 2 aromatic carbocycles. The van der Waals surface area contributed by atoms with E-state index in [1.165, 1.54) is 23.8 Å². The van der Waals surface area contributed by atoms with Crippen LogP contribution in [-0.4, -0.2) is 72.3 Å². The molecule has 210 valence electrons. The fourth-order valence-corrected chi connectivity index (χ4v) is 6.26. The third-order valence-corrected chi connectivity index (χ3v) is 8.97. The van der Waals surface area contributed by atoms with Gasteiger partial charge in [0.2, 0.25) is 5.91 Å². The van der Waals surface area contributed by atoms with Gasteiger partial charge in [0.05, 0.1) is 16.6 Å². The molecule has 0 aromatic heterocycles. The van der Waals surface area contributed by atoms with Crippen molar-refractivity contribution in [3.63, 3.8) is 0 Å². The second-order valence-electron chi connectivity index (χ2n) is 11.1. The summed E-state index contributed by atoms with van der Waals surface area (Å²) in [5.74, 6) is 0.0943. The van der Waals surface area contributed by atoms with Crippen LogP contribution < -0.4 is 0 Å². The van der Waals surface area contributed by atoms with Crippen molar-refractivity contribution < 1.29 is 22.8 Å². The summed E-state index contributed by atoms with van der Waals surface area (Å²) in [5.41, 5.74) is -0.225. The Morgan fingerprint density at radius 2 is 1.64 bits per heavy atom. The Kier molecular flexibility index (Phi) is 8.18. The zero-order chi connectivity index (χ0) is 27.9. The SMILES string of the molecule is CN(C(=O)c1ccc(Cl)c(C(F)(F)F)c1)[C@@H]1CN(C(=O)C2CCN(CC3CC3)CC2)C[C@H]1c1ccc(Cl)cc1. The predicted molar refractivity (Wildman–Crippen MR) is 145 cm³/mol. The van der Waals surface area contributed by atoms with Crippen molar-refractivity contribution >= 4 is 35.0 Å². The van der Waals surface area contributed by atoms with Crippen molar-refractivity contribution in [1.82, 2.24) is 14.7 Å². The van der Waals surface area contributed by atoms with Gasteiger partial charge in [0.15, 0.2) is 0 Å². The van der Waals surface area contributed by atoms with Crippen LogP contribution in [0.3, 0.4) is 0 Å². The number of halogens is 5. The molecule has 2 atom stereocenters. The molecule has 3 aliphatic rings. The van der Waals surface area contributed by atoms with E-state index in [0.717, 1.165) is 56.1 Å². The smallest absolute Gasteiger partial charge is 0.340 e. The molecular formula is C29H32Cl2F3N3O2. The fraction of sp³-hybridized carbons (Fsp3) is 0.517. The van der Waals surface area contributed by atoms with Gasteiger partial charge in [0, 0.05) is 49.1 Å². The molecule has 0 spiro atoms. The van der Waals surface area contributed by atoms with Crippen molar-refractivity contribution in [2.24, 2.45) is 11.8 Å². The minimum atomic E-state index is -4.68. The van der Waals surface area contributed by atoms with Crippen LogP contribution in [0, 0.1) is 11.8 Å². The van der Waals surface area contributed by atoms with E-state index < -0.39 is 28.7 Å². The average Bonchev–Trinajstić information content (AvgIpc) is 3.62. The Balaban J connectivity index is 1.34. The van der Waals surface area contributed by atoms with Gasteiger partial charge < -0.3 is 14.7 Å². The molecular weight excluding hydrogens is 550 g/mol. The van der Waals surface area contributed by atoms with Crippen LogP contribution in [0.4, 0.5) is 13.2 Å². The summed E-state index contributed by atoms with van der Waals surface area (Å²) >= 11 is 11.9. The van der Waals surface area contributed by atoms with E-state index in [0.29, 0.717) is 18.1 Å². The quantitative estimate of drug-likeness (QED) is 0.408. The minimum absolute atomic E-state index is 0.0586. The first-order valence-electron chi connectivity index (χ1n) is 13.4.